The Morgan fingerprint density at radius 2 is 1.96 bits per heavy atom. The molecule has 2 N–H and O–H groups in total. The maximum Gasteiger partial charge on any atom is 0.270 e. The van der Waals surface area contributed by atoms with Gasteiger partial charge in [0.05, 0.1) is 30.9 Å². The molecule has 0 saturated carbocycles. The summed E-state index contributed by atoms with van der Waals surface area (Å²) in [5, 5.41) is 2.78. The first kappa shape index (κ1) is 17.5. The van der Waals surface area contributed by atoms with Gasteiger partial charge in [0.2, 0.25) is 5.91 Å². The van der Waals surface area contributed by atoms with Crippen LogP contribution in [-0.2, 0) is 11.2 Å². The predicted octanol–water partition coefficient (Wildman–Crippen LogP) is 2.51. The Bertz CT molecular complexity index is 997. The van der Waals surface area contributed by atoms with Crippen molar-refractivity contribution >= 4 is 22.6 Å². The van der Waals surface area contributed by atoms with Gasteiger partial charge in [-0.3, -0.25) is 9.59 Å². The summed E-state index contributed by atoms with van der Waals surface area (Å²) in [6.45, 7) is 0. The van der Waals surface area contributed by atoms with E-state index in [1.54, 1.807) is 31.4 Å². The van der Waals surface area contributed by atoms with Crippen molar-refractivity contribution in [3.05, 3.63) is 58.5 Å². The molecule has 0 aliphatic heterocycles. The molecule has 0 radical (unpaired) electrons. The third-order valence-electron chi connectivity index (χ3n) is 3.94. The van der Waals surface area contributed by atoms with E-state index in [2.05, 4.69) is 15.3 Å². The van der Waals surface area contributed by atoms with E-state index >= 15 is 0 Å². The second-order valence-electron chi connectivity index (χ2n) is 5.64. The zero-order chi connectivity index (χ0) is 18.5. The molecule has 7 heteroatoms. The van der Waals surface area contributed by atoms with Crippen LogP contribution in [0.5, 0.6) is 11.5 Å². The molecule has 1 aromatic heterocycles. The minimum atomic E-state index is -0.282. The number of carbonyl (C=O) groups is 1. The molecule has 0 atom stereocenters. The van der Waals surface area contributed by atoms with E-state index in [0.29, 0.717) is 33.9 Å². The molecular weight excluding hydrogens is 334 g/mol. The van der Waals surface area contributed by atoms with Gasteiger partial charge in [-0.2, -0.15) is 0 Å². The maximum atomic E-state index is 12.3. The van der Waals surface area contributed by atoms with E-state index in [0.717, 1.165) is 0 Å². The number of benzene rings is 2. The number of aromatic amines is 1. The van der Waals surface area contributed by atoms with Gasteiger partial charge in [-0.15, -0.1) is 0 Å². The fourth-order valence-electron chi connectivity index (χ4n) is 2.59. The summed E-state index contributed by atoms with van der Waals surface area (Å²) in [5.41, 5.74) is 1.92. The summed E-state index contributed by atoms with van der Waals surface area (Å²) in [6, 6.07) is 12.4. The number of hydrogen-bond acceptors (Lipinski definition) is 5. The van der Waals surface area contributed by atoms with E-state index in [4.69, 9.17) is 9.47 Å². The number of carbonyl (C=O) groups excluding carboxylic acids is 1. The zero-order valence-corrected chi connectivity index (χ0v) is 14.5. The highest BCUT2D eigenvalue weighted by atomic mass is 16.5. The van der Waals surface area contributed by atoms with Crippen molar-refractivity contribution in [3.63, 3.8) is 0 Å². The highest BCUT2D eigenvalue weighted by molar-refractivity contribution is 5.92. The Labute approximate surface area is 150 Å². The molecule has 0 bridgehead atoms. The number of H-pyrrole nitrogens is 1. The number of nitrogens with zero attached hydrogens (tertiary/aromatic N) is 1. The quantitative estimate of drug-likeness (QED) is 0.710. The van der Waals surface area contributed by atoms with Gasteiger partial charge in [-0.1, -0.05) is 12.1 Å². The topological polar surface area (TPSA) is 93.3 Å². The van der Waals surface area contributed by atoms with E-state index in [9.17, 15) is 9.59 Å². The number of rotatable bonds is 6. The summed E-state index contributed by atoms with van der Waals surface area (Å²) in [6.07, 6.45) is 0.354. The summed E-state index contributed by atoms with van der Waals surface area (Å²) in [4.78, 5) is 31.5. The minimum absolute atomic E-state index is 0.120. The van der Waals surface area contributed by atoms with Crippen LogP contribution in [0.2, 0.25) is 0 Å². The number of amides is 1. The molecular formula is C19H19N3O4. The molecule has 0 unspecified atom stereocenters. The second-order valence-corrected chi connectivity index (χ2v) is 5.64. The number of aryl methyl sites for hydroxylation is 1. The minimum Gasteiger partial charge on any atom is -0.497 e. The smallest absolute Gasteiger partial charge is 0.270 e. The van der Waals surface area contributed by atoms with E-state index < -0.39 is 0 Å². The van der Waals surface area contributed by atoms with Crippen LogP contribution in [0.15, 0.2) is 47.3 Å². The number of para-hydroxylation sites is 2. The van der Waals surface area contributed by atoms with Crippen LogP contribution in [0.3, 0.4) is 0 Å². The standard InChI is InChI=1S/C19H19N3O4/c1-25-12-7-9-17(26-2)16(11-12)21-18(23)10-8-15-19(24)22-14-6-4-3-5-13(14)20-15/h3-7,9,11H,8,10H2,1-2H3,(H,21,23)(H,22,24). The lowest BCUT2D eigenvalue weighted by atomic mass is 10.2. The van der Waals surface area contributed by atoms with E-state index in [1.807, 2.05) is 18.2 Å². The van der Waals surface area contributed by atoms with Crippen molar-refractivity contribution < 1.29 is 14.3 Å². The van der Waals surface area contributed by atoms with Crippen molar-refractivity contribution in [2.24, 2.45) is 0 Å². The monoisotopic (exact) mass is 353 g/mol. The molecule has 0 fully saturated rings. The summed E-state index contributed by atoms with van der Waals surface area (Å²) >= 11 is 0. The Morgan fingerprint density at radius 3 is 2.73 bits per heavy atom. The normalized spacial score (nSPS) is 10.5. The first-order valence-corrected chi connectivity index (χ1v) is 8.10. The molecule has 0 aliphatic rings. The Kier molecular flexibility index (Phi) is 5.17. The second kappa shape index (κ2) is 7.69. The van der Waals surface area contributed by atoms with Crippen LogP contribution in [0.1, 0.15) is 12.1 Å². The first-order valence-electron chi connectivity index (χ1n) is 8.10. The van der Waals surface area contributed by atoms with Crippen LogP contribution in [-0.4, -0.2) is 30.1 Å². The van der Waals surface area contributed by atoms with Gasteiger partial charge < -0.3 is 19.8 Å². The van der Waals surface area contributed by atoms with Gasteiger partial charge >= 0.3 is 0 Å². The predicted molar refractivity (Wildman–Crippen MR) is 98.9 cm³/mol. The number of fused-ring (bicyclic) bond motifs is 1. The van der Waals surface area contributed by atoms with Crippen LogP contribution < -0.4 is 20.3 Å². The Morgan fingerprint density at radius 1 is 1.15 bits per heavy atom. The molecule has 26 heavy (non-hydrogen) atoms. The average Bonchev–Trinajstić information content (AvgIpc) is 2.66. The zero-order valence-electron chi connectivity index (χ0n) is 14.5. The van der Waals surface area contributed by atoms with Crippen LogP contribution >= 0.6 is 0 Å². The molecule has 7 nitrogen and oxygen atoms in total. The SMILES string of the molecule is COc1ccc(OC)c(NC(=O)CCc2nc3ccccc3[nH]c2=O)c1. The van der Waals surface area contributed by atoms with Crippen LogP contribution in [0.4, 0.5) is 5.69 Å². The van der Waals surface area contributed by atoms with Crippen molar-refractivity contribution in [1.82, 2.24) is 9.97 Å². The average molecular weight is 353 g/mol. The number of anilines is 1. The fraction of sp³-hybridized carbons (Fsp3) is 0.211. The lowest BCUT2D eigenvalue weighted by Crippen LogP contribution is -2.19. The third-order valence-corrected chi connectivity index (χ3v) is 3.94. The lowest BCUT2D eigenvalue weighted by Gasteiger charge is -2.11. The summed E-state index contributed by atoms with van der Waals surface area (Å²) in [7, 11) is 3.07. The number of ether oxygens (including phenoxy) is 2. The van der Waals surface area contributed by atoms with Crippen molar-refractivity contribution in [2.75, 3.05) is 19.5 Å². The highest BCUT2D eigenvalue weighted by Crippen LogP contribution is 2.29. The van der Waals surface area contributed by atoms with Crippen molar-refractivity contribution in [3.8, 4) is 11.5 Å². The first-order chi connectivity index (χ1) is 12.6. The van der Waals surface area contributed by atoms with Crippen molar-refractivity contribution in [2.45, 2.75) is 12.8 Å². The Hall–Kier alpha value is -3.35. The van der Waals surface area contributed by atoms with Crippen LogP contribution in [0.25, 0.3) is 11.0 Å². The maximum absolute atomic E-state index is 12.3. The van der Waals surface area contributed by atoms with Gasteiger partial charge in [-0.25, -0.2) is 4.98 Å². The van der Waals surface area contributed by atoms with Crippen LogP contribution in [0, 0.1) is 0 Å². The van der Waals surface area contributed by atoms with Gasteiger partial charge in [0.15, 0.2) is 0 Å². The molecule has 0 spiro atoms. The number of nitrogens with one attached hydrogen (secondary N) is 2. The molecule has 1 heterocycles. The number of methoxy groups -OCH3 is 2. The van der Waals surface area contributed by atoms with E-state index in [-0.39, 0.29) is 24.3 Å². The third kappa shape index (κ3) is 3.83. The molecule has 1 amide bonds. The molecule has 0 saturated heterocycles. The molecule has 3 rings (SSSR count). The van der Waals surface area contributed by atoms with E-state index in [1.165, 1.54) is 7.11 Å². The molecule has 134 valence electrons. The van der Waals surface area contributed by atoms with Gasteiger partial charge in [0, 0.05) is 18.9 Å². The Balaban J connectivity index is 1.72. The van der Waals surface area contributed by atoms with Gasteiger partial charge in [-0.05, 0) is 24.3 Å². The molecule has 3 aromatic rings. The largest absolute Gasteiger partial charge is 0.497 e. The highest BCUT2D eigenvalue weighted by Gasteiger charge is 2.11. The lowest BCUT2D eigenvalue weighted by molar-refractivity contribution is -0.116. The molecule has 0 aliphatic carbocycles. The van der Waals surface area contributed by atoms with Gasteiger partial charge in [0.1, 0.15) is 17.2 Å². The fourth-order valence-corrected chi connectivity index (χ4v) is 2.59. The molecule has 2 aromatic carbocycles. The number of hydrogen-bond donors (Lipinski definition) is 2. The van der Waals surface area contributed by atoms with Crippen molar-refractivity contribution in [1.29, 1.82) is 0 Å². The number of aromatic nitrogens is 2. The summed E-state index contributed by atoms with van der Waals surface area (Å²) < 4.78 is 10.4. The summed E-state index contributed by atoms with van der Waals surface area (Å²) in [5.74, 6) is 0.889. The van der Waals surface area contributed by atoms with Gasteiger partial charge in [0.25, 0.3) is 5.56 Å².